The number of allylic oxidation sites excluding steroid dienone is 2. The number of rotatable bonds is 6. The third kappa shape index (κ3) is 4.57. The van der Waals surface area contributed by atoms with Crippen LogP contribution in [0.15, 0.2) is 35.0 Å². The van der Waals surface area contributed by atoms with Crippen LogP contribution in [0.4, 0.5) is 0 Å². The molecule has 4 atom stereocenters. The number of aliphatic hydroxyl groups excluding tert-OH is 1. The SMILES string of the molecule is C#C.C=C(O)C(=C)CCC[C@@H](C)C1CCC2/C(=C/Br)CCCC21C. The molecule has 0 aromatic carbocycles. The Hall–Kier alpha value is -0.940. The molecule has 0 amide bonds. The maximum absolute atomic E-state index is 9.34. The molecule has 24 heavy (non-hydrogen) atoms. The van der Waals surface area contributed by atoms with E-state index < -0.39 is 0 Å². The molecule has 2 rings (SSSR count). The Kier molecular flexibility index (Phi) is 8.37. The summed E-state index contributed by atoms with van der Waals surface area (Å²) in [5, 5.41) is 9.34. The quantitative estimate of drug-likeness (QED) is 0.288. The van der Waals surface area contributed by atoms with Gasteiger partial charge in [0.2, 0.25) is 0 Å². The van der Waals surface area contributed by atoms with Crippen LogP contribution in [-0.4, -0.2) is 5.11 Å². The average Bonchev–Trinajstić information content (AvgIpc) is 2.93. The largest absolute Gasteiger partial charge is 0.508 e. The average molecular weight is 393 g/mol. The van der Waals surface area contributed by atoms with Gasteiger partial charge in [0, 0.05) is 0 Å². The van der Waals surface area contributed by atoms with Gasteiger partial charge in [-0.05, 0) is 78.7 Å². The van der Waals surface area contributed by atoms with Crippen molar-refractivity contribution in [3.8, 4) is 12.8 Å². The monoisotopic (exact) mass is 392 g/mol. The molecule has 0 saturated heterocycles. The molecule has 0 spiro atoms. The van der Waals surface area contributed by atoms with Crippen molar-refractivity contribution in [3.63, 3.8) is 0 Å². The van der Waals surface area contributed by atoms with Crippen LogP contribution in [-0.2, 0) is 0 Å². The second-order valence-electron chi connectivity index (χ2n) is 7.70. The maximum atomic E-state index is 9.34. The van der Waals surface area contributed by atoms with E-state index in [0.717, 1.165) is 36.2 Å². The highest BCUT2D eigenvalue weighted by atomic mass is 79.9. The Labute approximate surface area is 157 Å². The summed E-state index contributed by atoms with van der Waals surface area (Å²) < 4.78 is 0. The van der Waals surface area contributed by atoms with Crippen LogP contribution in [0.5, 0.6) is 0 Å². The summed E-state index contributed by atoms with van der Waals surface area (Å²) in [5.41, 5.74) is 2.94. The van der Waals surface area contributed by atoms with Gasteiger partial charge in [-0.3, -0.25) is 0 Å². The molecule has 3 unspecified atom stereocenters. The second-order valence-corrected chi connectivity index (χ2v) is 8.16. The summed E-state index contributed by atoms with van der Waals surface area (Å²) in [5.74, 6) is 2.54. The van der Waals surface area contributed by atoms with Gasteiger partial charge in [0.1, 0.15) is 5.76 Å². The standard InChI is InChI=1S/C20H31BrO.C2H2/c1-14(16(3)22)7-5-8-15(2)18-10-11-19-17(13-21)9-6-12-20(18,19)4;1-2/h13,15,18-19,22H,1,3,5-12H2,2,4H3;1-2H/b17-13+;/t15-,18?,19?,20?;/m1./s1. The van der Waals surface area contributed by atoms with Crippen molar-refractivity contribution in [1.82, 2.24) is 0 Å². The minimum atomic E-state index is 0.153. The molecule has 134 valence electrons. The van der Waals surface area contributed by atoms with Crippen molar-refractivity contribution in [1.29, 1.82) is 0 Å². The van der Waals surface area contributed by atoms with Crippen molar-refractivity contribution in [2.45, 2.75) is 65.2 Å². The fraction of sp³-hybridized carbons (Fsp3) is 0.636. The van der Waals surface area contributed by atoms with Crippen LogP contribution in [0.2, 0.25) is 0 Å². The highest BCUT2D eigenvalue weighted by Crippen LogP contribution is 2.59. The predicted molar refractivity (Wildman–Crippen MR) is 109 cm³/mol. The van der Waals surface area contributed by atoms with E-state index >= 15 is 0 Å². The summed E-state index contributed by atoms with van der Waals surface area (Å²) in [6.07, 6.45) is 18.0. The topological polar surface area (TPSA) is 20.2 Å². The van der Waals surface area contributed by atoms with Crippen LogP contribution < -0.4 is 0 Å². The number of halogens is 1. The lowest BCUT2D eigenvalue weighted by Crippen LogP contribution is -2.35. The third-order valence-electron chi connectivity index (χ3n) is 6.41. The first-order chi connectivity index (χ1) is 11.4. The third-order valence-corrected chi connectivity index (χ3v) is 7.00. The Morgan fingerprint density at radius 1 is 1.42 bits per heavy atom. The van der Waals surface area contributed by atoms with E-state index in [1.165, 1.54) is 38.5 Å². The first kappa shape index (κ1) is 21.1. The lowest BCUT2D eigenvalue weighted by atomic mass is 9.61. The van der Waals surface area contributed by atoms with Crippen LogP contribution in [0.25, 0.3) is 0 Å². The summed E-state index contributed by atoms with van der Waals surface area (Å²) in [4.78, 5) is 2.21. The van der Waals surface area contributed by atoms with Gasteiger partial charge >= 0.3 is 0 Å². The van der Waals surface area contributed by atoms with Gasteiger partial charge in [-0.2, -0.15) is 0 Å². The molecule has 0 heterocycles. The van der Waals surface area contributed by atoms with Crippen molar-refractivity contribution in [2.24, 2.45) is 23.2 Å². The molecule has 2 aliphatic carbocycles. The van der Waals surface area contributed by atoms with Gasteiger partial charge in [0.15, 0.2) is 0 Å². The van der Waals surface area contributed by atoms with Crippen LogP contribution >= 0.6 is 15.9 Å². The minimum absolute atomic E-state index is 0.153. The van der Waals surface area contributed by atoms with E-state index in [2.05, 4.69) is 60.8 Å². The van der Waals surface area contributed by atoms with Gasteiger partial charge in [0.25, 0.3) is 0 Å². The zero-order valence-corrected chi connectivity index (χ0v) is 16.9. The van der Waals surface area contributed by atoms with Gasteiger partial charge < -0.3 is 5.11 Å². The molecule has 0 aromatic rings. The smallest absolute Gasteiger partial charge is 0.111 e. The first-order valence-corrected chi connectivity index (χ1v) is 10.00. The zero-order chi connectivity index (χ0) is 18.3. The Balaban J connectivity index is 0.00000139. The fourth-order valence-electron chi connectivity index (χ4n) is 5.13. The first-order valence-electron chi connectivity index (χ1n) is 9.08. The lowest BCUT2D eigenvalue weighted by Gasteiger charge is -2.44. The van der Waals surface area contributed by atoms with Crippen LogP contribution in [0, 0.1) is 36.0 Å². The number of aliphatic hydroxyl groups is 1. The summed E-state index contributed by atoms with van der Waals surface area (Å²) in [6.45, 7) is 12.4. The van der Waals surface area contributed by atoms with Gasteiger partial charge in [0.05, 0.1) is 0 Å². The molecule has 0 bridgehead atoms. The van der Waals surface area contributed by atoms with E-state index in [1.54, 1.807) is 5.57 Å². The van der Waals surface area contributed by atoms with Crippen molar-refractivity contribution >= 4 is 15.9 Å². The molecule has 2 aliphatic rings. The van der Waals surface area contributed by atoms with E-state index in [1.807, 2.05) is 0 Å². The summed E-state index contributed by atoms with van der Waals surface area (Å²) in [7, 11) is 0. The number of fused-ring (bicyclic) bond motifs is 1. The molecule has 2 saturated carbocycles. The van der Waals surface area contributed by atoms with Gasteiger partial charge in [-0.1, -0.05) is 54.9 Å². The molecular formula is C22H33BrO. The predicted octanol–water partition coefficient (Wildman–Crippen LogP) is 7.17. The molecule has 0 aromatic heterocycles. The van der Waals surface area contributed by atoms with Crippen molar-refractivity contribution < 1.29 is 5.11 Å². The molecule has 1 N–H and O–H groups in total. The molecule has 1 nitrogen and oxygen atoms in total. The normalized spacial score (nSPS) is 31.6. The molecule has 2 fully saturated rings. The summed E-state index contributed by atoms with van der Waals surface area (Å²) in [6, 6.07) is 0. The molecule has 0 aliphatic heterocycles. The fourth-order valence-corrected chi connectivity index (χ4v) is 5.68. The Morgan fingerprint density at radius 2 is 2.08 bits per heavy atom. The molecule has 0 radical (unpaired) electrons. The highest BCUT2D eigenvalue weighted by Gasteiger charge is 2.50. The Bertz CT molecular complexity index is 501. The van der Waals surface area contributed by atoms with Gasteiger partial charge in [-0.15, -0.1) is 12.8 Å². The molecular weight excluding hydrogens is 360 g/mol. The number of terminal acetylenes is 1. The van der Waals surface area contributed by atoms with Crippen LogP contribution in [0.3, 0.4) is 0 Å². The van der Waals surface area contributed by atoms with E-state index in [-0.39, 0.29) is 5.76 Å². The number of hydrogen-bond acceptors (Lipinski definition) is 1. The maximum Gasteiger partial charge on any atom is 0.111 e. The van der Waals surface area contributed by atoms with E-state index in [0.29, 0.717) is 5.41 Å². The van der Waals surface area contributed by atoms with Crippen molar-refractivity contribution in [3.05, 3.63) is 35.0 Å². The highest BCUT2D eigenvalue weighted by molar-refractivity contribution is 9.11. The minimum Gasteiger partial charge on any atom is -0.508 e. The Morgan fingerprint density at radius 3 is 2.67 bits per heavy atom. The summed E-state index contributed by atoms with van der Waals surface area (Å²) >= 11 is 3.60. The van der Waals surface area contributed by atoms with Crippen molar-refractivity contribution in [2.75, 3.05) is 0 Å². The molecule has 2 heteroatoms. The van der Waals surface area contributed by atoms with E-state index in [4.69, 9.17) is 0 Å². The van der Waals surface area contributed by atoms with Gasteiger partial charge in [-0.25, -0.2) is 0 Å². The zero-order valence-electron chi connectivity index (χ0n) is 15.4. The van der Waals surface area contributed by atoms with Crippen LogP contribution in [0.1, 0.15) is 65.2 Å². The lowest BCUT2D eigenvalue weighted by molar-refractivity contribution is 0.0937. The number of hydrogen-bond donors (Lipinski definition) is 1. The second kappa shape index (κ2) is 9.52. The van der Waals surface area contributed by atoms with E-state index in [9.17, 15) is 5.11 Å².